The zero-order chi connectivity index (χ0) is 29.7. The van der Waals surface area contributed by atoms with Gasteiger partial charge in [0.05, 0.1) is 16.7 Å². The molecule has 11 heteroatoms. The molecule has 41 heavy (non-hydrogen) atoms. The zero-order valence-electron chi connectivity index (χ0n) is 22.6. The van der Waals surface area contributed by atoms with Gasteiger partial charge in [0.1, 0.15) is 12.8 Å². The number of rotatable bonds is 4. The molecule has 0 amide bonds. The zero-order valence-corrected chi connectivity index (χ0v) is 23.4. The topological polar surface area (TPSA) is 87.1 Å². The van der Waals surface area contributed by atoms with Gasteiger partial charge in [-0.2, -0.15) is 18.2 Å². The number of benzene rings is 1. The molecule has 222 valence electrons. The van der Waals surface area contributed by atoms with E-state index in [2.05, 4.69) is 0 Å². The van der Waals surface area contributed by atoms with Crippen LogP contribution in [0.4, 0.5) is 17.6 Å². The molecule has 0 bridgehead atoms. The van der Waals surface area contributed by atoms with Gasteiger partial charge < -0.3 is 10.2 Å². The number of nitrogens with zero attached hydrogens (tertiary/aromatic N) is 1. The first-order valence-corrected chi connectivity index (χ1v) is 14.2. The number of hydrogen-bond acceptors (Lipinski definition) is 6. The van der Waals surface area contributed by atoms with Crippen molar-refractivity contribution in [1.29, 1.82) is 0 Å². The van der Waals surface area contributed by atoms with E-state index >= 15 is 4.39 Å². The monoisotopic (exact) mass is 597 g/mol. The van der Waals surface area contributed by atoms with Crippen molar-refractivity contribution in [2.45, 2.75) is 63.7 Å². The second-order valence-corrected chi connectivity index (χ2v) is 13.2. The van der Waals surface area contributed by atoms with Gasteiger partial charge in [-0.25, -0.2) is 4.39 Å². The summed E-state index contributed by atoms with van der Waals surface area (Å²) in [6.07, 6.45) is -1.82. The Labute approximate surface area is 239 Å². The maximum Gasteiger partial charge on any atom is 0.417 e. The Balaban J connectivity index is 1.34. The fraction of sp³-hybridized carbons (Fsp3) is 0.600. The summed E-state index contributed by atoms with van der Waals surface area (Å²) in [5.74, 6) is -2.20. The molecule has 2 N–H and O–H groups in total. The molecule has 4 fully saturated rings. The first-order chi connectivity index (χ1) is 19.2. The number of alkyl halides is 4. The third kappa shape index (κ3) is 4.04. The van der Waals surface area contributed by atoms with Crippen LogP contribution in [0, 0.1) is 34.5 Å². The number of allylic oxidation sites excluding steroid dienone is 4. The number of aliphatic hydroxyl groups excluding tert-OH is 2. The molecule has 4 aliphatic carbocycles. The van der Waals surface area contributed by atoms with Crippen molar-refractivity contribution >= 4 is 23.2 Å². The quantitative estimate of drug-likeness (QED) is 0.482. The van der Waals surface area contributed by atoms with Crippen molar-refractivity contribution in [1.82, 2.24) is 5.06 Å². The summed E-state index contributed by atoms with van der Waals surface area (Å²) in [6.45, 7) is 3.05. The van der Waals surface area contributed by atoms with E-state index in [0.29, 0.717) is 12.0 Å². The van der Waals surface area contributed by atoms with Crippen LogP contribution in [0.15, 0.2) is 42.0 Å². The van der Waals surface area contributed by atoms with Gasteiger partial charge in [0.25, 0.3) is 0 Å². The maximum atomic E-state index is 15.7. The van der Waals surface area contributed by atoms with E-state index in [0.717, 1.165) is 6.07 Å². The van der Waals surface area contributed by atoms with E-state index in [1.54, 1.807) is 6.08 Å². The van der Waals surface area contributed by atoms with Crippen molar-refractivity contribution < 1.29 is 42.2 Å². The lowest BCUT2D eigenvalue weighted by Crippen LogP contribution is -2.64. The number of carbonyl (C=O) groups is 2. The summed E-state index contributed by atoms with van der Waals surface area (Å²) in [6, 6.07) is 3.59. The third-order valence-electron chi connectivity index (χ3n) is 10.8. The number of halogens is 5. The van der Waals surface area contributed by atoms with Crippen LogP contribution >= 0.6 is 11.6 Å². The van der Waals surface area contributed by atoms with E-state index in [1.165, 1.54) is 29.3 Å². The molecule has 1 saturated heterocycles. The van der Waals surface area contributed by atoms with E-state index < -0.39 is 63.8 Å². The Morgan fingerprint density at radius 2 is 1.98 bits per heavy atom. The predicted molar refractivity (Wildman–Crippen MR) is 140 cm³/mol. The minimum atomic E-state index is -4.64. The van der Waals surface area contributed by atoms with Crippen LogP contribution in [0.1, 0.15) is 44.2 Å². The number of aliphatic hydroxyl groups is 2. The molecule has 0 radical (unpaired) electrons. The second-order valence-electron chi connectivity index (χ2n) is 12.8. The Hall–Kier alpha value is -2.11. The Morgan fingerprint density at radius 3 is 2.66 bits per heavy atom. The SMILES string of the molecule is C[C@]12C=CC(=O)C=C1[C@@H](F)C[C@@H]1C2[C@@H](O)C[C@@]2(C)C1C[C@H]1CN(Cc3ccc(Cl)c(C(F)(F)F)c3)O[C@]12C(=O)CO. The van der Waals surface area contributed by atoms with Crippen molar-refractivity contribution in [2.24, 2.45) is 34.5 Å². The Morgan fingerprint density at radius 1 is 1.24 bits per heavy atom. The molecule has 2 unspecified atom stereocenters. The van der Waals surface area contributed by atoms with Gasteiger partial charge in [0.2, 0.25) is 0 Å². The molecule has 5 aliphatic rings. The molecule has 1 aliphatic heterocycles. The smallest absolute Gasteiger partial charge is 0.393 e. The number of ketones is 2. The Bertz CT molecular complexity index is 1360. The van der Waals surface area contributed by atoms with Crippen molar-refractivity contribution in [3.8, 4) is 0 Å². The highest BCUT2D eigenvalue weighted by Gasteiger charge is 2.75. The van der Waals surface area contributed by atoms with Crippen LogP contribution < -0.4 is 0 Å². The molecule has 3 saturated carbocycles. The van der Waals surface area contributed by atoms with Gasteiger partial charge in [0, 0.05) is 35.8 Å². The molecule has 6 nitrogen and oxygen atoms in total. The largest absolute Gasteiger partial charge is 0.417 e. The lowest BCUT2D eigenvalue weighted by molar-refractivity contribution is -0.255. The molecule has 1 aromatic rings. The molecular formula is C30H32ClF4NO5. The maximum absolute atomic E-state index is 15.7. The van der Waals surface area contributed by atoms with Crippen LogP contribution in [0.3, 0.4) is 0 Å². The van der Waals surface area contributed by atoms with Crippen LogP contribution in [0.2, 0.25) is 5.02 Å². The third-order valence-corrected chi connectivity index (χ3v) is 11.1. The summed E-state index contributed by atoms with van der Waals surface area (Å²) >= 11 is 5.78. The molecule has 0 aromatic heterocycles. The molecule has 1 aromatic carbocycles. The van der Waals surface area contributed by atoms with E-state index in [1.807, 2.05) is 13.8 Å². The highest BCUT2D eigenvalue weighted by molar-refractivity contribution is 6.31. The van der Waals surface area contributed by atoms with Crippen molar-refractivity contribution in [3.63, 3.8) is 0 Å². The second kappa shape index (κ2) is 9.44. The average molecular weight is 598 g/mol. The number of hydrogen-bond donors (Lipinski definition) is 2. The summed E-state index contributed by atoms with van der Waals surface area (Å²) in [7, 11) is 0. The molecular weight excluding hydrogens is 566 g/mol. The number of Topliss-reactive ketones (excluding diaryl/α,β-unsaturated/α-hetero) is 1. The number of hydroxylamine groups is 2. The first-order valence-electron chi connectivity index (χ1n) is 13.9. The molecule has 0 spiro atoms. The minimum Gasteiger partial charge on any atom is -0.393 e. The van der Waals surface area contributed by atoms with Crippen molar-refractivity contribution in [2.75, 3.05) is 13.2 Å². The van der Waals surface area contributed by atoms with Gasteiger partial charge in [-0.15, -0.1) is 0 Å². The minimum absolute atomic E-state index is 0.0514. The highest BCUT2D eigenvalue weighted by atomic mass is 35.5. The summed E-state index contributed by atoms with van der Waals surface area (Å²) in [5, 5.41) is 22.8. The number of carbonyl (C=O) groups excluding carboxylic acids is 2. The van der Waals surface area contributed by atoms with Crippen LogP contribution in [-0.2, 0) is 27.1 Å². The van der Waals surface area contributed by atoms with Crippen LogP contribution in [-0.4, -0.2) is 57.9 Å². The lowest BCUT2D eigenvalue weighted by Gasteiger charge is -2.60. The van der Waals surface area contributed by atoms with Gasteiger partial charge in [-0.1, -0.05) is 37.6 Å². The van der Waals surface area contributed by atoms with Crippen LogP contribution in [0.5, 0.6) is 0 Å². The average Bonchev–Trinajstić information content (AvgIpc) is 3.37. The fourth-order valence-electron chi connectivity index (χ4n) is 9.25. The molecule has 6 rings (SSSR count). The standard InChI is InChI=1S/C30H32ClF4NO5/c1-27-6-5-17(38)9-21(27)23(32)10-18-19-8-16-13-36(12-15-3-4-22(31)20(7-15)30(33,34)35)41-29(16,25(40)14-37)28(19,2)11-24(39)26(18)27/h3-7,9,16,18-19,23-24,26,37,39H,8,10-14H2,1-2H3/t16-,18-,19?,23-,24-,26?,27-,28-,29-/m0/s1. The predicted octanol–water partition coefficient (Wildman–Crippen LogP) is 4.86. The van der Waals surface area contributed by atoms with Crippen molar-refractivity contribution in [3.05, 3.63) is 58.1 Å². The summed E-state index contributed by atoms with van der Waals surface area (Å²) in [5.41, 5.74) is -3.67. The van der Waals surface area contributed by atoms with Gasteiger partial charge in [-0.05, 0) is 66.5 Å². The molecule has 1 heterocycles. The number of fused-ring (bicyclic) bond motifs is 7. The highest BCUT2D eigenvalue weighted by Crippen LogP contribution is 2.70. The molecule has 9 atom stereocenters. The normalized spacial score (nSPS) is 41.9. The van der Waals surface area contributed by atoms with E-state index in [9.17, 15) is 33.0 Å². The summed E-state index contributed by atoms with van der Waals surface area (Å²) < 4.78 is 56.1. The van der Waals surface area contributed by atoms with Gasteiger partial charge >= 0.3 is 6.18 Å². The van der Waals surface area contributed by atoms with E-state index in [4.69, 9.17) is 16.4 Å². The van der Waals surface area contributed by atoms with Crippen LogP contribution in [0.25, 0.3) is 0 Å². The van der Waals surface area contributed by atoms with Gasteiger partial charge in [0.15, 0.2) is 17.2 Å². The van der Waals surface area contributed by atoms with Gasteiger partial charge in [-0.3, -0.25) is 14.4 Å². The van der Waals surface area contributed by atoms with E-state index in [-0.39, 0.29) is 55.0 Å². The first kappa shape index (κ1) is 29.0. The lowest BCUT2D eigenvalue weighted by atomic mass is 9.46. The fourth-order valence-corrected chi connectivity index (χ4v) is 9.48. The Kier molecular flexibility index (Phi) is 6.68. The summed E-state index contributed by atoms with van der Waals surface area (Å²) in [4.78, 5) is 32.0.